The smallest absolute Gasteiger partial charge is 0.410 e. The third-order valence-electron chi connectivity index (χ3n) is 7.88. The summed E-state index contributed by atoms with van der Waals surface area (Å²) in [6.07, 6.45) is 2.69. The molecule has 0 aromatic heterocycles. The summed E-state index contributed by atoms with van der Waals surface area (Å²) in [6, 6.07) is 14.8. The first-order valence-electron chi connectivity index (χ1n) is 12.4. The van der Waals surface area contributed by atoms with Crippen molar-refractivity contribution in [1.29, 1.82) is 0 Å². The minimum Gasteiger partial charge on any atom is -0.445 e. The maximum absolute atomic E-state index is 14.1. The van der Waals surface area contributed by atoms with E-state index in [-0.39, 0.29) is 29.9 Å². The minimum atomic E-state index is -0.489. The lowest BCUT2D eigenvalue weighted by molar-refractivity contribution is 0.0480. The number of hydrogen-bond donors (Lipinski definition) is 2. The molecule has 3 aliphatic rings. The van der Waals surface area contributed by atoms with Crippen LogP contribution in [0.1, 0.15) is 36.8 Å². The lowest BCUT2D eigenvalue weighted by Crippen LogP contribution is -2.46. The molecule has 1 amide bonds. The molecule has 3 aliphatic heterocycles. The van der Waals surface area contributed by atoms with E-state index >= 15 is 0 Å². The van der Waals surface area contributed by atoms with Crippen LogP contribution in [-0.2, 0) is 16.8 Å². The molecular formula is C27H34FN3O3. The lowest BCUT2D eigenvalue weighted by atomic mass is 9.75. The number of aliphatic hydroxyl groups excluding tert-OH is 1. The molecule has 2 saturated heterocycles. The van der Waals surface area contributed by atoms with E-state index < -0.39 is 6.10 Å². The molecule has 3 heterocycles. The molecule has 182 valence electrons. The molecule has 5 rings (SSSR count). The molecule has 0 bridgehead atoms. The van der Waals surface area contributed by atoms with Crippen LogP contribution >= 0.6 is 0 Å². The molecule has 2 fully saturated rings. The van der Waals surface area contributed by atoms with E-state index in [2.05, 4.69) is 10.2 Å². The van der Waals surface area contributed by atoms with Crippen LogP contribution in [0.15, 0.2) is 48.5 Å². The van der Waals surface area contributed by atoms with Gasteiger partial charge in [0, 0.05) is 37.3 Å². The zero-order valence-corrected chi connectivity index (χ0v) is 19.6. The summed E-state index contributed by atoms with van der Waals surface area (Å²) < 4.78 is 19.6. The van der Waals surface area contributed by atoms with Gasteiger partial charge in [-0.15, -0.1) is 0 Å². The van der Waals surface area contributed by atoms with Gasteiger partial charge < -0.3 is 25.0 Å². The Morgan fingerprint density at radius 1 is 1.15 bits per heavy atom. The fraction of sp³-hybridized carbons (Fsp3) is 0.519. The van der Waals surface area contributed by atoms with Crippen LogP contribution in [-0.4, -0.2) is 61.5 Å². The SMILES string of the molecule is O=C(OCc1ccccc1)N1CCC(C(O)CN2CC3(CCNCC3)c3cc(F)ccc32)CC1. The van der Waals surface area contributed by atoms with E-state index in [1.54, 1.807) is 11.0 Å². The highest BCUT2D eigenvalue weighted by atomic mass is 19.1. The normalized spacial score (nSPS) is 20.9. The van der Waals surface area contributed by atoms with Gasteiger partial charge in [-0.05, 0) is 74.0 Å². The van der Waals surface area contributed by atoms with Crippen LogP contribution in [0.3, 0.4) is 0 Å². The molecule has 0 saturated carbocycles. The van der Waals surface area contributed by atoms with E-state index in [1.165, 1.54) is 6.07 Å². The summed E-state index contributed by atoms with van der Waals surface area (Å²) in [6.45, 7) is 4.69. The molecule has 2 aromatic rings. The highest BCUT2D eigenvalue weighted by Crippen LogP contribution is 2.46. The lowest BCUT2D eigenvalue weighted by Gasteiger charge is -2.37. The second-order valence-electron chi connectivity index (χ2n) is 10.0. The highest BCUT2D eigenvalue weighted by Gasteiger charge is 2.44. The maximum Gasteiger partial charge on any atom is 0.410 e. The fourth-order valence-corrected chi connectivity index (χ4v) is 5.89. The first-order valence-corrected chi connectivity index (χ1v) is 12.4. The van der Waals surface area contributed by atoms with Crippen molar-refractivity contribution < 1.29 is 19.0 Å². The number of likely N-dealkylation sites (tertiary alicyclic amines) is 1. The summed E-state index contributed by atoms with van der Waals surface area (Å²) in [5, 5.41) is 14.5. The quantitative estimate of drug-likeness (QED) is 0.703. The van der Waals surface area contributed by atoms with Crippen molar-refractivity contribution in [3.63, 3.8) is 0 Å². The average Bonchev–Trinajstić information content (AvgIpc) is 3.15. The Labute approximate surface area is 200 Å². The molecular weight excluding hydrogens is 433 g/mol. The molecule has 0 aliphatic carbocycles. The molecule has 34 heavy (non-hydrogen) atoms. The standard InChI is InChI=1S/C27H34FN3O3/c28-22-6-7-24-23(16-22)27(10-12-29-13-11-27)19-31(24)17-25(32)21-8-14-30(15-9-21)26(33)34-18-20-4-2-1-3-5-20/h1-7,16,21,25,29,32H,8-15,17-19H2. The molecule has 2 aromatic carbocycles. The van der Waals surface area contributed by atoms with Crippen molar-refractivity contribution in [2.24, 2.45) is 5.92 Å². The minimum absolute atomic E-state index is 0.0335. The highest BCUT2D eigenvalue weighted by molar-refractivity contribution is 5.67. The van der Waals surface area contributed by atoms with Gasteiger partial charge in [0.15, 0.2) is 0 Å². The van der Waals surface area contributed by atoms with E-state index in [0.29, 0.717) is 19.6 Å². The predicted octanol–water partition coefficient (Wildman–Crippen LogP) is 3.68. The third-order valence-corrected chi connectivity index (χ3v) is 7.88. The van der Waals surface area contributed by atoms with Gasteiger partial charge in [-0.25, -0.2) is 9.18 Å². The molecule has 1 atom stereocenters. The molecule has 2 N–H and O–H groups in total. The summed E-state index contributed by atoms with van der Waals surface area (Å²) in [5.74, 6) is -0.0581. The Kier molecular flexibility index (Phi) is 6.75. The van der Waals surface area contributed by atoms with E-state index in [1.807, 2.05) is 36.4 Å². The van der Waals surface area contributed by atoms with Crippen LogP contribution in [0, 0.1) is 11.7 Å². The van der Waals surface area contributed by atoms with Crippen LogP contribution in [0.2, 0.25) is 0 Å². The number of fused-ring (bicyclic) bond motifs is 2. The van der Waals surface area contributed by atoms with Gasteiger partial charge >= 0.3 is 6.09 Å². The number of aliphatic hydroxyl groups is 1. The number of piperidine rings is 2. The summed E-state index contributed by atoms with van der Waals surface area (Å²) in [7, 11) is 0. The Morgan fingerprint density at radius 2 is 1.88 bits per heavy atom. The first-order chi connectivity index (χ1) is 16.5. The molecule has 7 heteroatoms. The number of nitrogens with zero attached hydrogens (tertiary/aromatic N) is 2. The second-order valence-corrected chi connectivity index (χ2v) is 10.0. The Bertz CT molecular complexity index is 988. The van der Waals surface area contributed by atoms with Gasteiger partial charge in [-0.1, -0.05) is 30.3 Å². The van der Waals surface area contributed by atoms with Crippen molar-refractivity contribution in [3.05, 3.63) is 65.5 Å². The number of ether oxygens (including phenoxy) is 1. The summed E-state index contributed by atoms with van der Waals surface area (Å²) >= 11 is 0. The van der Waals surface area contributed by atoms with Gasteiger partial charge in [0.25, 0.3) is 0 Å². The van der Waals surface area contributed by atoms with Crippen molar-refractivity contribution in [1.82, 2.24) is 10.2 Å². The zero-order chi connectivity index (χ0) is 23.5. The number of halogens is 1. The Hall–Kier alpha value is -2.64. The van der Waals surface area contributed by atoms with Gasteiger partial charge in [0.1, 0.15) is 12.4 Å². The Morgan fingerprint density at radius 3 is 2.62 bits per heavy atom. The summed E-state index contributed by atoms with van der Waals surface area (Å²) in [4.78, 5) is 16.5. The number of amides is 1. The van der Waals surface area contributed by atoms with Crippen LogP contribution in [0.5, 0.6) is 0 Å². The molecule has 1 spiro atoms. The van der Waals surface area contributed by atoms with Crippen LogP contribution < -0.4 is 10.2 Å². The largest absolute Gasteiger partial charge is 0.445 e. The zero-order valence-electron chi connectivity index (χ0n) is 19.6. The second kappa shape index (κ2) is 9.92. The molecule has 0 radical (unpaired) electrons. The number of carbonyl (C=O) groups excluding carboxylic acids is 1. The number of nitrogens with one attached hydrogen (secondary N) is 1. The maximum atomic E-state index is 14.1. The topological polar surface area (TPSA) is 65.0 Å². The van der Waals surface area contributed by atoms with Crippen molar-refractivity contribution in [2.45, 2.75) is 43.8 Å². The summed E-state index contributed by atoms with van der Waals surface area (Å²) in [5.41, 5.74) is 3.09. The number of rotatable bonds is 5. The monoisotopic (exact) mass is 467 g/mol. The van der Waals surface area contributed by atoms with E-state index in [0.717, 1.165) is 62.1 Å². The average molecular weight is 468 g/mol. The molecule has 6 nitrogen and oxygen atoms in total. The van der Waals surface area contributed by atoms with Crippen molar-refractivity contribution in [3.8, 4) is 0 Å². The van der Waals surface area contributed by atoms with Gasteiger partial charge in [-0.3, -0.25) is 0 Å². The van der Waals surface area contributed by atoms with Crippen molar-refractivity contribution in [2.75, 3.05) is 44.2 Å². The van der Waals surface area contributed by atoms with E-state index in [4.69, 9.17) is 4.74 Å². The van der Waals surface area contributed by atoms with Gasteiger partial charge in [0.05, 0.1) is 6.10 Å². The third kappa shape index (κ3) is 4.77. The van der Waals surface area contributed by atoms with Crippen molar-refractivity contribution >= 4 is 11.8 Å². The van der Waals surface area contributed by atoms with E-state index in [9.17, 15) is 14.3 Å². The number of anilines is 1. The number of benzene rings is 2. The number of β-amino-alcohol motifs (C(OH)–C–C–N with tert-alkyl or cyclic N) is 1. The first kappa shape index (κ1) is 23.1. The van der Waals surface area contributed by atoms with Gasteiger partial charge in [-0.2, -0.15) is 0 Å². The number of hydrogen-bond acceptors (Lipinski definition) is 5. The van der Waals surface area contributed by atoms with Crippen LogP contribution in [0.4, 0.5) is 14.9 Å². The predicted molar refractivity (Wildman–Crippen MR) is 129 cm³/mol. The molecule has 1 unspecified atom stereocenters. The van der Waals surface area contributed by atoms with Crippen LogP contribution in [0.25, 0.3) is 0 Å². The van der Waals surface area contributed by atoms with Gasteiger partial charge in [0.2, 0.25) is 0 Å². The Balaban J connectivity index is 1.16. The fourth-order valence-electron chi connectivity index (χ4n) is 5.89. The number of carbonyl (C=O) groups is 1.